The van der Waals surface area contributed by atoms with Crippen LogP contribution in [0.15, 0.2) is 0 Å². The van der Waals surface area contributed by atoms with E-state index in [4.69, 9.17) is 0 Å². The maximum atomic E-state index is 12.8. The normalized spacial score (nSPS) is 31.9. The molecule has 1 aliphatic heterocycles. The number of carbonyl (C=O) groups excluding carboxylic acids is 1. The largest absolute Gasteiger partial charge is 0.341 e. The zero-order chi connectivity index (χ0) is 15.6. The summed E-state index contributed by atoms with van der Waals surface area (Å²) >= 11 is 0. The van der Waals surface area contributed by atoms with Crippen molar-refractivity contribution in [3.05, 3.63) is 0 Å². The van der Waals surface area contributed by atoms with Gasteiger partial charge in [0, 0.05) is 19.6 Å². The first-order valence-electron chi connectivity index (χ1n) is 8.04. The molecular formula is C15H28N2O3S. The van der Waals surface area contributed by atoms with Crippen LogP contribution in [0.25, 0.3) is 0 Å². The first-order valence-corrected chi connectivity index (χ1v) is 9.89. The van der Waals surface area contributed by atoms with E-state index in [-0.39, 0.29) is 11.9 Å². The molecule has 0 radical (unpaired) electrons. The minimum Gasteiger partial charge on any atom is -0.341 e. The fourth-order valence-electron chi connectivity index (χ4n) is 3.59. The highest BCUT2D eigenvalue weighted by molar-refractivity contribution is 7.88. The molecule has 0 N–H and O–H groups in total. The number of carbonyl (C=O) groups is 1. The summed E-state index contributed by atoms with van der Waals surface area (Å²) in [5.41, 5.74) is 0. The smallest absolute Gasteiger partial charge is 0.241 e. The molecule has 1 atom stereocenters. The molecule has 0 spiro atoms. The zero-order valence-electron chi connectivity index (χ0n) is 13.4. The maximum Gasteiger partial charge on any atom is 0.241 e. The van der Waals surface area contributed by atoms with Gasteiger partial charge in [-0.2, -0.15) is 4.31 Å². The van der Waals surface area contributed by atoms with Crippen LogP contribution in [0.1, 0.15) is 51.9 Å². The van der Waals surface area contributed by atoms with Gasteiger partial charge in [-0.3, -0.25) is 4.79 Å². The van der Waals surface area contributed by atoms with Crippen molar-refractivity contribution in [3.8, 4) is 0 Å². The molecule has 0 aromatic heterocycles. The van der Waals surface area contributed by atoms with Crippen molar-refractivity contribution in [2.75, 3.05) is 19.8 Å². The summed E-state index contributed by atoms with van der Waals surface area (Å²) in [6.45, 7) is 2.73. The number of amides is 1. The van der Waals surface area contributed by atoms with Crippen molar-refractivity contribution < 1.29 is 13.2 Å². The summed E-state index contributed by atoms with van der Waals surface area (Å²) in [5.74, 6) is 0.728. The van der Waals surface area contributed by atoms with Gasteiger partial charge in [-0.05, 0) is 44.4 Å². The first-order chi connectivity index (χ1) is 9.80. The monoisotopic (exact) mass is 316 g/mol. The molecule has 1 amide bonds. The van der Waals surface area contributed by atoms with E-state index in [9.17, 15) is 13.2 Å². The van der Waals surface area contributed by atoms with Crippen LogP contribution in [0.2, 0.25) is 0 Å². The Morgan fingerprint density at radius 3 is 2.29 bits per heavy atom. The van der Waals surface area contributed by atoms with Crippen LogP contribution in [-0.2, 0) is 14.8 Å². The van der Waals surface area contributed by atoms with Gasteiger partial charge in [-0.25, -0.2) is 8.42 Å². The average molecular weight is 316 g/mol. The van der Waals surface area contributed by atoms with E-state index in [1.165, 1.54) is 10.6 Å². The quantitative estimate of drug-likeness (QED) is 0.798. The molecule has 2 fully saturated rings. The Balaban J connectivity index is 2.06. The molecule has 21 heavy (non-hydrogen) atoms. The van der Waals surface area contributed by atoms with Gasteiger partial charge >= 0.3 is 0 Å². The molecule has 1 saturated carbocycles. The molecule has 1 saturated heterocycles. The van der Waals surface area contributed by atoms with Crippen molar-refractivity contribution >= 4 is 15.9 Å². The van der Waals surface area contributed by atoms with Gasteiger partial charge in [0.1, 0.15) is 6.04 Å². The number of nitrogens with zero attached hydrogens (tertiary/aromatic N) is 2. The lowest BCUT2D eigenvalue weighted by atomic mass is 9.86. The van der Waals surface area contributed by atoms with Gasteiger partial charge in [0.25, 0.3) is 0 Å². The number of likely N-dealkylation sites (N-methyl/N-ethyl adjacent to an activating group) is 1. The third kappa shape index (κ3) is 3.97. The second kappa shape index (κ2) is 6.65. The molecule has 122 valence electrons. The van der Waals surface area contributed by atoms with Crippen molar-refractivity contribution in [1.82, 2.24) is 9.21 Å². The van der Waals surface area contributed by atoms with E-state index in [1.54, 1.807) is 0 Å². The van der Waals surface area contributed by atoms with Crippen molar-refractivity contribution in [1.29, 1.82) is 0 Å². The van der Waals surface area contributed by atoms with Crippen LogP contribution in [0, 0.1) is 5.92 Å². The van der Waals surface area contributed by atoms with E-state index in [0.29, 0.717) is 13.0 Å². The lowest BCUT2D eigenvalue weighted by Gasteiger charge is -2.39. The molecule has 2 rings (SSSR count). The second-order valence-corrected chi connectivity index (χ2v) is 8.68. The Labute approximate surface area is 128 Å². The number of hydrogen-bond donors (Lipinski definition) is 0. The Bertz CT molecular complexity index is 469. The fraction of sp³-hybridized carbons (Fsp3) is 0.933. The Hall–Kier alpha value is -0.620. The highest BCUT2D eigenvalue weighted by Gasteiger charge is 2.37. The average Bonchev–Trinajstić information content (AvgIpc) is 2.45. The number of piperidine rings is 1. The number of hydrogen-bond acceptors (Lipinski definition) is 3. The van der Waals surface area contributed by atoms with Crippen LogP contribution in [0.3, 0.4) is 0 Å². The second-order valence-electron chi connectivity index (χ2n) is 6.75. The Morgan fingerprint density at radius 1 is 1.10 bits per heavy atom. The summed E-state index contributed by atoms with van der Waals surface area (Å²) in [6.07, 6.45) is 8.02. The summed E-state index contributed by atoms with van der Waals surface area (Å²) < 4.78 is 25.2. The third-order valence-corrected chi connectivity index (χ3v) is 6.33. The molecule has 2 aliphatic rings. The molecule has 0 unspecified atom stereocenters. The van der Waals surface area contributed by atoms with E-state index in [0.717, 1.165) is 44.4 Å². The van der Waals surface area contributed by atoms with Gasteiger partial charge in [0.15, 0.2) is 0 Å². The highest BCUT2D eigenvalue weighted by atomic mass is 32.2. The predicted octanol–water partition coefficient (Wildman–Crippen LogP) is 1.84. The van der Waals surface area contributed by atoms with Gasteiger partial charge in [-0.1, -0.05) is 13.3 Å². The lowest BCUT2D eigenvalue weighted by Crippen LogP contribution is -2.54. The Kier molecular flexibility index (Phi) is 5.30. The summed E-state index contributed by atoms with van der Waals surface area (Å²) in [6, 6.07) is -0.213. The van der Waals surface area contributed by atoms with Crippen molar-refractivity contribution in [2.24, 2.45) is 5.92 Å². The third-order valence-electron chi connectivity index (χ3n) is 5.05. The lowest BCUT2D eigenvalue weighted by molar-refractivity contribution is -0.137. The summed E-state index contributed by atoms with van der Waals surface area (Å²) in [4.78, 5) is 14.6. The fourth-order valence-corrected chi connectivity index (χ4v) is 4.71. The van der Waals surface area contributed by atoms with Gasteiger partial charge in [0.05, 0.1) is 6.26 Å². The minimum absolute atomic E-state index is 0.0142. The van der Waals surface area contributed by atoms with E-state index >= 15 is 0 Å². The zero-order valence-corrected chi connectivity index (χ0v) is 14.2. The predicted molar refractivity (Wildman–Crippen MR) is 83.4 cm³/mol. The highest BCUT2D eigenvalue weighted by Crippen LogP contribution is 2.28. The standard InChI is InChI=1S/C15H28N2O3S/c1-12-7-9-13(10-8-12)16(2)15(18)14-6-4-5-11-17(14)21(3,19)20/h12-14H,4-11H2,1-3H3/t12?,13?,14-/m0/s1. The molecule has 5 nitrogen and oxygen atoms in total. The Morgan fingerprint density at radius 2 is 1.71 bits per heavy atom. The molecule has 6 heteroatoms. The summed E-state index contributed by atoms with van der Waals surface area (Å²) in [7, 11) is -1.46. The number of rotatable bonds is 3. The first kappa shape index (κ1) is 16.7. The van der Waals surface area contributed by atoms with Gasteiger partial charge in [-0.15, -0.1) is 0 Å². The molecule has 1 heterocycles. The number of sulfonamides is 1. The van der Waals surface area contributed by atoms with E-state index < -0.39 is 16.1 Å². The van der Waals surface area contributed by atoms with Crippen LogP contribution in [0.5, 0.6) is 0 Å². The van der Waals surface area contributed by atoms with Crippen molar-refractivity contribution in [2.45, 2.75) is 64.0 Å². The summed E-state index contributed by atoms with van der Waals surface area (Å²) in [5, 5.41) is 0. The molecule has 0 bridgehead atoms. The van der Waals surface area contributed by atoms with Crippen LogP contribution in [-0.4, -0.2) is 55.5 Å². The van der Waals surface area contributed by atoms with Crippen molar-refractivity contribution in [3.63, 3.8) is 0 Å². The molecular weight excluding hydrogens is 288 g/mol. The SMILES string of the molecule is CC1CCC(N(C)C(=O)[C@@H]2CCCCN2S(C)(=O)=O)CC1. The maximum absolute atomic E-state index is 12.8. The van der Waals surface area contributed by atoms with E-state index in [1.807, 2.05) is 11.9 Å². The van der Waals surface area contributed by atoms with Crippen LogP contribution < -0.4 is 0 Å². The molecule has 1 aliphatic carbocycles. The minimum atomic E-state index is -3.31. The van der Waals surface area contributed by atoms with Gasteiger partial charge in [0.2, 0.25) is 15.9 Å². The topological polar surface area (TPSA) is 57.7 Å². The van der Waals surface area contributed by atoms with Crippen LogP contribution in [0.4, 0.5) is 0 Å². The van der Waals surface area contributed by atoms with E-state index in [2.05, 4.69) is 6.92 Å². The van der Waals surface area contributed by atoms with Gasteiger partial charge < -0.3 is 4.90 Å². The van der Waals surface area contributed by atoms with Crippen LogP contribution >= 0.6 is 0 Å². The molecule has 0 aromatic carbocycles. The molecule has 0 aromatic rings.